The standard InChI is InChI=1S/C27H26BNO6/c1-28-19-8-10-21(34-23-11-16(12-25(30)31)7-9-22(23)33-2)18(13-19)15-29-26-20-6-4-3-5-17(20)14-24(26)35-27(29)32/h3-11,13,24,26,28H,12,14-15H2,1-2H3,(H,30,31)/t24-,26+/m1/s1. The summed E-state index contributed by atoms with van der Waals surface area (Å²) >= 11 is 0. The van der Waals surface area contributed by atoms with Crippen LogP contribution in [0.5, 0.6) is 17.2 Å². The highest BCUT2D eigenvalue weighted by Gasteiger charge is 2.47. The Kier molecular flexibility index (Phi) is 6.11. The summed E-state index contributed by atoms with van der Waals surface area (Å²) in [6.45, 7) is 2.40. The van der Waals surface area contributed by atoms with Crippen LogP contribution in [0.3, 0.4) is 0 Å². The van der Waals surface area contributed by atoms with Gasteiger partial charge in [-0.2, -0.15) is 0 Å². The summed E-state index contributed by atoms with van der Waals surface area (Å²) in [7, 11) is 2.38. The topological polar surface area (TPSA) is 85.3 Å². The van der Waals surface area contributed by atoms with Gasteiger partial charge >= 0.3 is 12.1 Å². The summed E-state index contributed by atoms with van der Waals surface area (Å²) < 4.78 is 17.5. The number of hydrogen-bond donors (Lipinski definition) is 1. The van der Waals surface area contributed by atoms with Gasteiger partial charge in [0, 0.05) is 12.0 Å². The summed E-state index contributed by atoms with van der Waals surface area (Å²) in [4.78, 5) is 25.8. The minimum absolute atomic E-state index is 0.121. The minimum atomic E-state index is -0.923. The van der Waals surface area contributed by atoms with Gasteiger partial charge in [0.25, 0.3) is 0 Å². The van der Waals surface area contributed by atoms with Gasteiger partial charge in [0.2, 0.25) is 0 Å². The van der Waals surface area contributed by atoms with E-state index >= 15 is 0 Å². The maximum Gasteiger partial charge on any atom is 0.411 e. The number of ether oxygens (including phenoxy) is 3. The van der Waals surface area contributed by atoms with E-state index in [0.717, 1.165) is 30.3 Å². The summed E-state index contributed by atoms with van der Waals surface area (Å²) in [6, 6.07) is 19.0. The molecule has 0 unspecified atom stereocenters. The van der Waals surface area contributed by atoms with Gasteiger partial charge in [0.05, 0.1) is 26.1 Å². The van der Waals surface area contributed by atoms with E-state index in [-0.39, 0.29) is 24.7 Å². The Bertz CT molecular complexity index is 1290. The average Bonchev–Trinajstić information content (AvgIpc) is 3.35. The molecule has 2 aliphatic rings. The van der Waals surface area contributed by atoms with Gasteiger partial charge in [-0.3, -0.25) is 9.69 Å². The minimum Gasteiger partial charge on any atom is -0.493 e. The molecule has 35 heavy (non-hydrogen) atoms. The molecule has 0 aromatic heterocycles. The fraction of sp³-hybridized carbons (Fsp3) is 0.259. The zero-order valence-corrected chi connectivity index (χ0v) is 19.7. The lowest BCUT2D eigenvalue weighted by molar-refractivity contribution is -0.136. The summed E-state index contributed by atoms with van der Waals surface area (Å²) in [5.41, 5.74) is 4.90. The molecule has 1 amide bonds. The number of fused-ring (bicyclic) bond motifs is 3. The number of carboxylic acids is 1. The molecular formula is C27H26BNO6. The Morgan fingerprint density at radius 1 is 1.11 bits per heavy atom. The Labute approximate surface area is 204 Å². The molecule has 0 bridgehead atoms. The largest absolute Gasteiger partial charge is 0.493 e. The van der Waals surface area contributed by atoms with Crippen molar-refractivity contribution in [3.63, 3.8) is 0 Å². The van der Waals surface area contributed by atoms with Crippen molar-refractivity contribution in [1.82, 2.24) is 4.90 Å². The van der Waals surface area contributed by atoms with E-state index in [1.165, 1.54) is 12.7 Å². The molecule has 8 heteroatoms. The lowest BCUT2D eigenvalue weighted by Crippen LogP contribution is -2.28. The molecule has 178 valence electrons. The number of carboxylic acid groups (broad SMARTS) is 1. The molecule has 0 spiro atoms. The molecule has 3 aromatic rings. The molecular weight excluding hydrogens is 445 g/mol. The van der Waals surface area contributed by atoms with E-state index in [0.29, 0.717) is 29.4 Å². The van der Waals surface area contributed by atoms with Gasteiger partial charge in [0.1, 0.15) is 11.9 Å². The van der Waals surface area contributed by atoms with E-state index in [1.807, 2.05) is 30.3 Å². The van der Waals surface area contributed by atoms with E-state index in [1.54, 1.807) is 23.1 Å². The molecule has 7 nitrogen and oxygen atoms in total. The second-order valence-corrected chi connectivity index (χ2v) is 8.85. The van der Waals surface area contributed by atoms with Crippen LogP contribution in [-0.4, -0.2) is 42.6 Å². The molecule has 2 atom stereocenters. The van der Waals surface area contributed by atoms with Gasteiger partial charge in [-0.1, -0.05) is 54.8 Å². The second kappa shape index (κ2) is 9.37. The number of carbonyl (C=O) groups is 2. The van der Waals surface area contributed by atoms with Gasteiger partial charge < -0.3 is 19.3 Å². The van der Waals surface area contributed by atoms with Crippen LogP contribution in [0, 0.1) is 0 Å². The smallest absolute Gasteiger partial charge is 0.411 e. The molecule has 1 heterocycles. The van der Waals surface area contributed by atoms with Crippen molar-refractivity contribution in [3.05, 3.63) is 82.9 Å². The molecule has 1 aliphatic carbocycles. The van der Waals surface area contributed by atoms with Crippen LogP contribution >= 0.6 is 0 Å². The number of hydrogen-bond acceptors (Lipinski definition) is 5. The quantitative estimate of drug-likeness (QED) is 0.503. The highest BCUT2D eigenvalue weighted by molar-refractivity contribution is 6.51. The van der Waals surface area contributed by atoms with Crippen molar-refractivity contribution in [3.8, 4) is 17.2 Å². The highest BCUT2D eigenvalue weighted by Crippen LogP contribution is 2.44. The molecule has 1 aliphatic heterocycles. The SMILES string of the molecule is CBc1ccc(Oc2cc(CC(=O)O)ccc2OC)c(CN2C(=O)O[C@@H]3Cc4ccccc4[C@@H]32)c1. The van der Waals surface area contributed by atoms with Crippen molar-refractivity contribution in [2.24, 2.45) is 0 Å². The van der Waals surface area contributed by atoms with Crippen LogP contribution in [-0.2, 0) is 28.9 Å². The predicted molar refractivity (Wildman–Crippen MR) is 132 cm³/mol. The molecule has 0 radical (unpaired) electrons. The fourth-order valence-electron chi connectivity index (χ4n) is 4.95. The number of amides is 1. The molecule has 5 rings (SSSR count). The van der Waals surface area contributed by atoms with Crippen LogP contribution in [0.25, 0.3) is 0 Å². The van der Waals surface area contributed by atoms with Gasteiger partial charge in [-0.15, -0.1) is 0 Å². The van der Waals surface area contributed by atoms with Crippen LogP contribution in [0.2, 0.25) is 6.82 Å². The number of nitrogens with zero attached hydrogens (tertiary/aromatic N) is 1. The van der Waals surface area contributed by atoms with Crippen molar-refractivity contribution in [1.29, 1.82) is 0 Å². The van der Waals surface area contributed by atoms with Crippen LogP contribution in [0.1, 0.15) is 28.3 Å². The summed E-state index contributed by atoms with van der Waals surface area (Å²) in [6.07, 6.45) is 0.0776. The fourth-order valence-corrected chi connectivity index (χ4v) is 4.95. The third-order valence-corrected chi connectivity index (χ3v) is 6.65. The number of benzene rings is 3. The first-order valence-electron chi connectivity index (χ1n) is 11.7. The first-order chi connectivity index (χ1) is 17.0. The van der Waals surface area contributed by atoms with Crippen LogP contribution < -0.4 is 14.9 Å². The molecule has 3 aromatic carbocycles. The van der Waals surface area contributed by atoms with Crippen molar-refractivity contribution >= 4 is 24.8 Å². The molecule has 1 saturated heterocycles. The van der Waals surface area contributed by atoms with Crippen molar-refractivity contribution in [2.45, 2.75) is 38.4 Å². The van der Waals surface area contributed by atoms with Gasteiger partial charge in [-0.25, -0.2) is 4.79 Å². The second-order valence-electron chi connectivity index (χ2n) is 8.85. The van der Waals surface area contributed by atoms with Gasteiger partial charge in [-0.05, 0) is 34.9 Å². The monoisotopic (exact) mass is 471 g/mol. The Morgan fingerprint density at radius 3 is 2.69 bits per heavy atom. The third-order valence-electron chi connectivity index (χ3n) is 6.65. The predicted octanol–water partition coefficient (Wildman–Crippen LogP) is 3.84. The summed E-state index contributed by atoms with van der Waals surface area (Å²) in [5, 5.41) is 9.18. The summed E-state index contributed by atoms with van der Waals surface area (Å²) in [5.74, 6) is 0.573. The van der Waals surface area contributed by atoms with Crippen molar-refractivity contribution < 1.29 is 28.9 Å². The first-order valence-corrected chi connectivity index (χ1v) is 11.7. The average molecular weight is 471 g/mol. The van der Waals surface area contributed by atoms with E-state index in [2.05, 4.69) is 19.0 Å². The Balaban J connectivity index is 1.48. The molecule has 1 fully saturated rings. The van der Waals surface area contributed by atoms with Crippen LogP contribution in [0.15, 0.2) is 60.7 Å². The van der Waals surface area contributed by atoms with E-state index in [4.69, 9.17) is 14.2 Å². The lowest BCUT2D eigenvalue weighted by Gasteiger charge is -2.23. The molecule has 0 saturated carbocycles. The molecule has 1 N–H and O–H groups in total. The number of rotatable bonds is 8. The lowest BCUT2D eigenvalue weighted by atomic mass is 9.73. The normalized spacial score (nSPS) is 18.0. The first kappa shape index (κ1) is 22.8. The van der Waals surface area contributed by atoms with E-state index in [9.17, 15) is 14.7 Å². The van der Waals surface area contributed by atoms with Crippen molar-refractivity contribution in [2.75, 3.05) is 7.11 Å². The van der Waals surface area contributed by atoms with E-state index < -0.39 is 5.97 Å². The zero-order chi connectivity index (χ0) is 24.5. The number of aliphatic carboxylic acids is 1. The zero-order valence-electron chi connectivity index (χ0n) is 19.7. The van der Waals surface area contributed by atoms with Crippen LogP contribution in [0.4, 0.5) is 4.79 Å². The maximum absolute atomic E-state index is 12.9. The maximum atomic E-state index is 12.9. The number of methoxy groups -OCH3 is 1. The third kappa shape index (κ3) is 4.44. The Hall–Kier alpha value is -3.94. The number of carbonyl (C=O) groups excluding carboxylic acids is 1. The van der Waals surface area contributed by atoms with Gasteiger partial charge in [0.15, 0.2) is 18.8 Å². The highest BCUT2D eigenvalue weighted by atomic mass is 16.6. The Morgan fingerprint density at radius 2 is 1.91 bits per heavy atom.